The van der Waals surface area contributed by atoms with Crippen LogP contribution in [0.4, 0.5) is 18.9 Å². The fourth-order valence-corrected chi connectivity index (χ4v) is 4.16. The van der Waals surface area contributed by atoms with Crippen LogP contribution in [0.1, 0.15) is 34.1 Å². The molecule has 0 bridgehead atoms. The highest BCUT2D eigenvalue weighted by atomic mass is 19.4. The van der Waals surface area contributed by atoms with E-state index in [1.54, 1.807) is 25.1 Å². The van der Waals surface area contributed by atoms with Gasteiger partial charge in [-0.2, -0.15) is 18.4 Å². The summed E-state index contributed by atoms with van der Waals surface area (Å²) in [5.41, 5.74) is 0.857. The van der Waals surface area contributed by atoms with Gasteiger partial charge in [0.1, 0.15) is 35.6 Å². The van der Waals surface area contributed by atoms with Crippen LogP contribution in [0.2, 0.25) is 0 Å². The molecule has 0 saturated carbocycles. The molecule has 0 spiro atoms. The molecule has 17 heteroatoms. The summed E-state index contributed by atoms with van der Waals surface area (Å²) < 4.78 is 45.3. The Morgan fingerprint density at radius 2 is 1.89 bits per heavy atom. The molecule has 0 unspecified atom stereocenters. The summed E-state index contributed by atoms with van der Waals surface area (Å²) in [6, 6.07) is 7.12. The largest absolute Gasteiger partial charge is 0.542 e. The van der Waals surface area contributed by atoms with Crippen molar-refractivity contribution in [3.8, 4) is 6.07 Å². The van der Waals surface area contributed by atoms with Crippen LogP contribution in [0, 0.1) is 18.3 Å². The Morgan fingerprint density at radius 1 is 1.25 bits per heavy atom. The van der Waals surface area contributed by atoms with Gasteiger partial charge in [0, 0.05) is 36.4 Å². The average molecular weight is 630 g/mol. The van der Waals surface area contributed by atoms with Crippen LogP contribution in [0.3, 0.4) is 0 Å². The summed E-state index contributed by atoms with van der Waals surface area (Å²) >= 11 is 0. The number of rotatable bonds is 10. The van der Waals surface area contributed by atoms with Gasteiger partial charge in [0.25, 0.3) is 11.5 Å². The lowest BCUT2D eigenvalue weighted by atomic mass is 10.1. The van der Waals surface area contributed by atoms with Crippen molar-refractivity contribution in [3.63, 3.8) is 0 Å². The number of ether oxygens (including phenoxy) is 2. The van der Waals surface area contributed by atoms with Crippen molar-refractivity contribution in [2.24, 2.45) is 0 Å². The van der Waals surface area contributed by atoms with E-state index in [2.05, 4.69) is 11.4 Å². The van der Waals surface area contributed by atoms with E-state index in [-0.39, 0.29) is 45.2 Å². The number of hydrogen-bond donors (Lipinski definition) is 3. The molecule has 2 heterocycles. The molecule has 1 aliphatic heterocycles. The number of nitriles is 1. The van der Waals surface area contributed by atoms with Crippen LogP contribution in [0.5, 0.6) is 0 Å². The highest BCUT2D eigenvalue weighted by Gasteiger charge is 2.35. The molecule has 1 aliphatic rings. The molecule has 242 valence electrons. The quantitative estimate of drug-likeness (QED) is 0.212. The van der Waals surface area contributed by atoms with E-state index in [1.165, 1.54) is 10.8 Å². The van der Waals surface area contributed by atoms with Crippen LogP contribution in [0.25, 0.3) is 0 Å². The summed E-state index contributed by atoms with van der Waals surface area (Å²) in [4.78, 5) is 46.7. The molecule has 0 radical (unpaired) electrons. The van der Waals surface area contributed by atoms with Gasteiger partial charge < -0.3 is 34.9 Å². The number of carboxylic acid groups (broad SMARTS) is 1. The molecular weight excluding hydrogens is 595 g/mol. The number of halogens is 3. The zero-order valence-electron chi connectivity index (χ0n) is 24.5. The molecule has 1 aromatic carbocycles. The molecular formula is C27H34F3N5O9. The van der Waals surface area contributed by atoms with Crippen LogP contribution < -0.4 is 26.2 Å². The number of alkyl halides is 3. The molecule has 1 aromatic heterocycles. The summed E-state index contributed by atoms with van der Waals surface area (Å²) in [5, 5.41) is 40.2. The maximum absolute atomic E-state index is 12.9. The lowest BCUT2D eigenvalue weighted by Crippen LogP contribution is -2.43. The number of amides is 1. The number of aliphatic carboxylic acids is 1. The van der Waals surface area contributed by atoms with Crippen molar-refractivity contribution in [3.05, 3.63) is 61.9 Å². The summed E-state index contributed by atoms with van der Waals surface area (Å²) in [6.07, 6.45) is -6.19. The average Bonchev–Trinajstić information content (AvgIpc) is 3.33. The molecule has 44 heavy (non-hydrogen) atoms. The first-order valence-electron chi connectivity index (χ1n) is 13.2. The Balaban J connectivity index is 0.000000860. The lowest BCUT2D eigenvalue weighted by molar-refractivity contribution is -0.344. The third kappa shape index (κ3) is 9.46. The highest BCUT2D eigenvalue weighted by Crippen LogP contribution is 2.27. The second-order valence-corrected chi connectivity index (χ2v) is 10.6. The second-order valence-electron chi connectivity index (χ2n) is 10.6. The zero-order valence-corrected chi connectivity index (χ0v) is 24.5. The molecule has 3 rings (SSSR count). The minimum Gasteiger partial charge on any atom is -0.542 e. The van der Waals surface area contributed by atoms with Gasteiger partial charge in [-0.3, -0.25) is 23.2 Å². The number of aromatic nitrogens is 2. The molecule has 2 aromatic rings. The van der Waals surface area contributed by atoms with Crippen LogP contribution in [-0.4, -0.2) is 97.1 Å². The molecule has 14 nitrogen and oxygen atoms in total. The van der Waals surface area contributed by atoms with Crippen LogP contribution >= 0.6 is 0 Å². The molecule has 1 saturated heterocycles. The van der Waals surface area contributed by atoms with E-state index in [0.29, 0.717) is 21.2 Å². The van der Waals surface area contributed by atoms with Gasteiger partial charge in [-0.15, -0.1) is 0 Å². The monoisotopic (exact) mass is 629 g/mol. The van der Waals surface area contributed by atoms with Gasteiger partial charge in [-0.25, -0.2) is 4.79 Å². The maximum Gasteiger partial charge on any atom is 0.430 e. The predicted octanol–water partition coefficient (Wildman–Crippen LogP) is -1.23. The van der Waals surface area contributed by atoms with Crippen molar-refractivity contribution in [2.45, 2.75) is 44.5 Å². The van der Waals surface area contributed by atoms with Crippen LogP contribution in [0.15, 0.2) is 34.0 Å². The van der Waals surface area contributed by atoms with E-state index in [4.69, 9.17) is 19.4 Å². The van der Waals surface area contributed by atoms with E-state index in [0.717, 1.165) is 10.3 Å². The normalized spacial score (nSPS) is 18.2. The number of benzene rings is 1. The molecule has 0 aliphatic carbocycles. The second kappa shape index (κ2) is 15.1. The minimum atomic E-state index is -5.19. The van der Waals surface area contributed by atoms with Crippen LogP contribution in [-0.2, 0) is 20.8 Å². The fourth-order valence-electron chi connectivity index (χ4n) is 4.16. The number of nitrogens with one attached hydrogen (secondary N) is 1. The first-order chi connectivity index (χ1) is 20.4. The minimum absolute atomic E-state index is 0.00988. The third-order valence-corrected chi connectivity index (χ3v) is 6.39. The van der Waals surface area contributed by atoms with Gasteiger partial charge in [0.05, 0.1) is 53.6 Å². The van der Waals surface area contributed by atoms with Gasteiger partial charge in [0.15, 0.2) is 0 Å². The number of hydrogen-bond acceptors (Lipinski definition) is 10. The Hall–Kier alpha value is -4.08. The number of quaternary nitrogens is 1. The summed E-state index contributed by atoms with van der Waals surface area (Å²) in [6.45, 7) is 1.59. The first-order valence-corrected chi connectivity index (χ1v) is 13.2. The van der Waals surface area contributed by atoms with E-state index in [9.17, 15) is 43.0 Å². The van der Waals surface area contributed by atoms with Crippen molar-refractivity contribution in [2.75, 3.05) is 47.5 Å². The van der Waals surface area contributed by atoms with Gasteiger partial charge in [-0.1, -0.05) is 0 Å². The van der Waals surface area contributed by atoms with Crippen molar-refractivity contribution < 1.29 is 47.6 Å². The van der Waals surface area contributed by atoms with E-state index < -0.39 is 41.8 Å². The summed E-state index contributed by atoms with van der Waals surface area (Å²) in [7, 11) is 5.81. The Morgan fingerprint density at radius 3 is 2.41 bits per heavy atom. The van der Waals surface area contributed by atoms with Gasteiger partial charge in [-0.05, 0) is 19.1 Å². The first kappa shape index (κ1) is 36.1. The lowest BCUT2D eigenvalue weighted by Gasteiger charge is -2.24. The smallest absolute Gasteiger partial charge is 0.430 e. The zero-order chi connectivity index (χ0) is 33.4. The Labute approximate surface area is 249 Å². The molecule has 1 fully saturated rings. The van der Waals surface area contributed by atoms with Crippen molar-refractivity contribution >= 4 is 17.6 Å². The van der Waals surface area contributed by atoms with Crippen molar-refractivity contribution in [1.82, 2.24) is 18.9 Å². The number of nitrogens with zero attached hydrogens (tertiary/aromatic N) is 4. The highest BCUT2D eigenvalue weighted by molar-refractivity contribution is 5.95. The SMILES string of the molecule is Cc1cn([C@H]2C[C@H](O)[C@@H](CO)O2)c(=O)n(CCOCCNC(=O)c2ccc([N+](C)(C)C)c(C#N)c2)c1=O.O=C([O-])C(F)(F)F. The Kier molecular flexibility index (Phi) is 12.4. The molecule has 3 atom stereocenters. The standard InChI is InChI=1S/C25H33N5O7.C2HF3O2/c1-16-14-29(22-12-20(32)21(15-31)37-22)25(35)28(24(16)34)8-10-36-9-7-27-23(33)17-5-6-19(30(2,3)4)18(11-17)13-26;3-2(4,5)1(6)7/h5-6,11,14,20-22,31-32H,7-10,12,15H2,1-4H3;(H,6,7)/t20-,21+,22+;/m0./s1. The topological polar surface area (TPSA) is 196 Å². The number of carbonyl (C=O) groups excluding carboxylic acids is 2. The molecule has 1 amide bonds. The van der Waals surface area contributed by atoms with E-state index >= 15 is 0 Å². The predicted molar refractivity (Wildman–Crippen MR) is 146 cm³/mol. The number of carboxylic acids is 1. The van der Waals surface area contributed by atoms with Crippen molar-refractivity contribution in [1.29, 1.82) is 5.26 Å². The number of aliphatic hydroxyl groups is 2. The molecule has 3 N–H and O–H groups in total. The summed E-state index contributed by atoms with van der Waals surface area (Å²) in [5.74, 6) is -3.35. The maximum atomic E-state index is 12.9. The van der Waals surface area contributed by atoms with E-state index in [1.807, 2.05) is 21.1 Å². The third-order valence-electron chi connectivity index (χ3n) is 6.39. The fraction of sp³-hybridized carbons (Fsp3) is 0.519. The van der Waals surface area contributed by atoms with Gasteiger partial charge in [0.2, 0.25) is 0 Å². The number of aryl methyl sites for hydroxylation is 1. The number of carbonyl (C=O) groups is 2. The number of aliphatic hydroxyl groups excluding tert-OH is 2. The Bertz CT molecular complexity index is 1490. The van der Waals surface area contributed by atoms with Gasteiger partial charge >= 0.3 is 11.9 Å².